The van der Waals surface area contributed by atoms with Gasteiger partial charge in [-0.25, -0.2) is 0 Å². The third-order valence-corrected chi connectivity index (χ3v) is 10.2. The Morgan fingerprint density at radius 1 is 0.478 bits per heavy atom. The molecule has 2 aliphatic rings. The molecule has 4 heteroatoms. The van der Waals surface area contributed by atoms with Crippen molar-refractivity contribution in [1.82, 2.24) is 4.57 Å². The molecule has 3 nitrogen and oxygen atoms in total. The summed E-state index contributed by atoms with van der Waals surface area (Å²) in [5.41, 5.74) is 15.5. The van der Waals surface area contributed by atoms with Gasteiger partial charge in [0.2, 0.25) is 0 Å². The van der Waals surface area contributed by atoms with Crippen molar-refractivity contribution in [2.75, 3.05) is 4.81 Å². The lowest BCUT2D eigenvalue weighted by Crippen LogP contribution is -2.59. The predicted octanol–water partition coefficient (Wildman–Crippen LogP) is 9.59. The molecule has 212 valence electrons. The molecule has 9 aromatic rings. The molecule has 46 heavy (non-hydrogen) atoms. The SMILES string of the molecule is c1ccc(-n2c3ccc4c(c3c3ccc5c6ccccc6oc5c32)-c2ccccc2N2B4c3ccccc3-c3ccccc32)cc1. The number of nitrogens with zero attached hydrogens (tertiary/aromatic N) is 2. The summed E-state index contributed by atoms with van der Waals surface area (Å²) in [4.78, 5) is 2.56. The van der Waals surface area contributed by atoms with Crippen LogP contribution in [0.3, 0.4) is 0 Å². The van der Waals surface area contributed by atoms with E-state index in [9.17, 15) is 0 Å². The van der Waals surface area contributed by atoms with Crippen LogP contribution in [0.4, 0.5) is 11.4 Å². The lowest BCUT2D eigenvalue weighted by atomic mass is 9.43. The van der Waals surface area contributed by atoms with Crippen molar-refractivity contribution in [3.63, 3.8) is 0 Å². The topological polar surface area (TPSA) is 21.3 Å². The Bertz CT molecular complexity index is 2720. The Balaban J connectivity index is 1.33. The van der Waals surface area contributed by atoms with Crippen LogP contribution in [0.15, 0.2) is 156 Å². The molecule has 0 unspecified atom stereocenters. The highest BCUT2D eigenvalue weighted by atomic mass is 16.3. The summed E-state index contributed by atoms with van der Waals surface area (Å²) in [6.45, 7) is 0.0467. The van der Waals surface area contributed by atoms with Crippen molar-refractivity contribution in [3.05, 3.63) is 152 Å². The monoisotopic (exact) mass is 584 g/mol. The second-order valence-electron chi connectivity index (χ2n) is 12.4. The maximum atomic E-state index is 6.71. The number of fused-ring (bicyclic) bond motifs is 19. The molecule has 0 spiro atoms. The summed E-state index contributed by atoms with van der Waals surface area (Å²) in [5, 5.41) is 4.75. The first-order chi connectivity index (χ1) is 22.9. The zero-order chi connectivity index (χ0) is 29.9. The Hall–Kier alpha value is -6.00. The smallest absolute Gasteiger partial charge is 0.329 e. The van der Waals surface area contributed by atoms with Gasteiger partial charge < -0.3 is 13.8 Å². The van der Waals surface area contributed by atoms with E-state index in [2.05, 4.69) is 155 Å². The van der Waals surface area contributed by atoms with Crippen LogP contribution >= 0.6 is 0 Å². The second-order valence-corrected chi connectivity index (χ2v) is 12.4. The second kappa shape index (κ2) is 8.80. The minimum atomic E-state index is 0.0467. The minimum Gasteiger partial charge on any atom is -0.454 e. The van der Waals surface area contributed by atoms with E-state index < -0.39 is 0 Å². The third kappa shape index (κ3) is 2.99. The standard InChI is InChI=1S/C42H25BN2O/c1-2-12-26(13-3-1)44-37-25-24-34-39(40(37)32-23-22-30-29-16-7-11-21-38(29)46-42(30)41(32)44)31-17-6-10-20-36(31)45-35-19-9-5-15-28(35)27-14-4-8-18-33(27)43(34)45/h1-25H. The van der Waals surface area contributed by atoms with Crippen molar-refractivity contribution in [2.45, 2.75) is 0 Å². The van der Waals surface area contributed by atoms with Crippen LogP contribution in [0.25, 0.3) is 71.7 Å². The Kier molecular flexibility index (Phi) is 4.66. The molecule has 4 heterocycles. The van der Waals surface area contributed by atoms with Crippen LogP contribution in [0.1, 0.15) is 0 Å². The van der Waals surface area contributed by atoms with Gasteiger partial charge in [-0.05, 0) is 64.5 Å². The highest BCUT2D eigenvalue weighted by Gasteiger charge is 2.43. The number of anilines is 2. The van der Waals surface area contributed by atoms with Crippen molar-refractivity contribution in [1.29, 1.82) is 0 Å². The van der Waals surface area contributed by atoms with Crippen LogP contribution in [0, 0.1) is 0 Å². The summed E-state index contributed by atoms with van der Waals surface area (Å²) in [6, 6.07) is 55.1. The predicted molar refractivity (Wildman–Crippen MR) is 193 cm³/mol. The fourth-order valence-corrected chi connectivity index (χ4v) is 8.39. The van der Waals surface area contributed by atoms with Gasteiger partial charge in [0.15, 0.2) is 5.58 Å². The molecule has 0 fully saturated rings. The molecule has 0 saturated carbocycles. The number of furan rings is 1. The molecule has 0 N–H and O–H groups in total. The largest absolute Gasteiger partial charge is 0.454 e. The molecule has 2 aromatic heterocycles. The summed E-state index contributed by atoms with van der Waals surface area (Å²) >= 11 is 0. The number of hydrogen-bond acceptors (Lipinski definition) is 2. The van der Waals surface area contributed by atoms with Crippen molar-refractivity contribution >= 4 is 72.9 Å². The summed E-state index contributed by atoms with van der Waals surface area (Å²) in [5.74, 6) is 0. The number of aromatic nitrogens is 1. The molecule has 0 atom stereocenters. The van der Waals surface area contributed by atoms with Crippen LogP contribution < -0.4 is 15.7 Å². The Morgan fingerprint density at radius 2 is 1.15 bits per heavy atom. The molecule has 0 saturated heterocycles. The van der Waals surface area contributed by atoms with E-state index >= 15 is 0 Å². The third-order valence-electron chi connectivity index (χ3n) is 10.2. The highest BCUT2D eigenvalue weighted by molar-refractivity contribution is 6.92. The molecule has 0 amide bonds. The zero-order valence-corrected chi connectivity index (χ0v) is 24.8. The molecular formula is C42H25BN2O. The number of para-hydroxylation sites is 4. The van der Waals surface area contributed by atoms with Crippen molar-refractivity contribution in [2.24, 2.45) is 0 Å². The normalized spacial score (nSPS) is 13.1. The molecule has 7 aromatic carbocycles. The Labute approximate surface area is 265 Å². The Morgan fingerprint density at radius 3 is 2.02 bits per heavy atom. The fourth-order valence-electron chi connectivity index (χ4n) is 8.39. The number of hydrogen-bond donors (Lipinski definition) is 0. The van der Waals surface area contributed by atoms with Gasteiger partial charge in [-0.1, -0.05) is 109 Å². The maximum Gasteiger partial charge on any atom is 0.329 e. The fraction of sp³-hybridized carbons (Fsp3) is 0. The van der Waals surface area contributed by atoms with Gasteiger partial charge in [-0.3, -0.25) is 0 Å². The van der Waals surface area contributed by atoms with Crippen molar-refractivity contribution in [3.8, 4) is 27.9 Å². The van der Waals surface area contributed by atoms with Gasteiger partial charge >= 0.3 is 6.85 Å². The maximum absolute atomic E-state index is 6.71. The van der Waals surface area contributed by atoms with Crippen LogP contribution in [-0.4, -0.2) is 11.4 Å². The minimum absolute atomic E-state index is 0.0467. The molecule has 0 bridgehead atoms. The average molecular weight is 584 g/mol. The van der Waals surface area contributed by atoms with Crippen LogP contribution in [0.5, 0.6) is 0 Å². The van der Waals surface area contributed by atoms with E-state index in [1.54, 1.807) is 0 Å². The van der Waals surface area contributed by atoms with E-state index in [4.69, 9.17) is 4.42 Å². The van der Waals surface area contributed by atoms with Crippen LogP contribution in [0.2, 0.25) is 0 Å². The number of benzene rings is 7. The first-order valence-electron chi connectivity index (χ1n) is 15.9. The van der Waals surface area contributed by atoms with E-state index in [1.807, 2.05) is 6.07 Å². The van der Waals surface area contributed by atoms with Gasteiger partial charge in [0.1, 0.15) is 5.58 Å². The first kappa shape index (κ1) is 24.3. The van der Waals surface area contributed by atoms with E-state index in [-0.39, 0.29) is 6.85 Å². The van der Waals surface area contributed by atoms with Gasteiger partial charge in [0, 0.05) is 49.7 Å². The van der Waals surface area contributed by atoms with Gasteiger partial charge in [-0.2, -0.15) is 0 Å². The van der Waals surface area contributed by atoms with E-state index in [1.165, 1.54) is 60.8 Å². The summed E-state index contributed by atoms with van der Waals surface area (Å²) < 4.78 is 9.12. The van der Waals surface area contributed by atoms with Gasteiger partial charge in [-0.15, -0.1) is 0 Å². The van der Waals surface area contributed by atoms with Gasteiger partial charge in [0.05, 0.1) is 11.0 Å². The molecule has 11 rings (SSSR count). The van der Waals surface area contributed by atoms with E-state index in [0.29, 0.717) is 0 Å². The summed E-state index contributed by atoms with van der Waals surface area (Å²) in [6.07, 6.45) is 0. The molecular weight excluding hydrogens is 559 g/mol. The lowest BCUT2D eigenvalue weighted by molar-refractivity contribution is 0.671. The number of rotatable bonds is 1. The average Bonchev–Trinajstić information content (AvgIpc) is 3.68. The molecule has 0 aliphatic carbocycles. The van der Waals surface area contributed by atoms with Gasteiger partial charge in [0.25, 0.3) is 0 Å². The quantitative estimate of drug-likeness (QED) is 0.179. The summed E-state index contributed by atoms with van der Waals surface area (Å²) in [7, 11) is 0. The first-order valence-corrected chi connectivity index (χ1v) is 15.9. The highest BCUT2D eigenvalue weighted by Crippen LogP contribution is 2.49. The van der Waals surface area contributed by atoms with Crippen molar-refractivity contribution < 1.29 is 4.42 Å². The lowest BCUT2D eigenvalue weighted by Gasteiger charge is -2.43. The van der Waals surface area contributed by atoms with E-state index in [0.717, 1.165) is 33.1 Å². The molecule has 2 aliphatic heterocycles. The molecule has 0 radical (unpaired) electrons. The van der Waals surface area contributed by atoms with Crippen LogP contribution in [-0.2, 0) is 0 Å². The zero-order valence-electron chi connectivity index (χ0n) is 24.8.